The highest BCUT2D eigenvalue weighted by Gasteiger charge is 2.27. The zero-order valence-corrected chi connectivity index (χ0v) is 13.7. The summed E-state index contributed by atoms with van der Waals surface area (Å²) in [5, 5.41) is 3.20. The van der Waals surface area contributed by atoms with E-state index in [1.165, 1.54) is 0 Å². The van der Waals surface area contributed by atoms with Gasteiger partial charge in [0, 0.05) is 10.5 Å². The number of hydrogen-bond donors (Lipinski definition) is 1. The number of anilines is 1. The van der Waals surface area contributed by atoms with E-state index in [0.717, 1.165) is 10.0 Å². The van der Waals surface area contributed by atoms with Crippen LogP contribution < -0.4 is 16.2 Å². The second kappa shape index (κ2) is 5.17. The van der Waals surface area contributed by atoms with E-state index in [1.54, 1.807) is 0 Å². The zero-order valence-electron chi connectivity index (χ0n) is 12.1. The largest absolute Gasteiger partial charge is 0.378 e. The van der Waals surface area contributed by atoms with Gasteiger partial charge in [0.05, 0.1) is 11.3 Å². The molecule has 106 valence electrons. The molecule has 1 N–H and O–H groups in total. The third-order valence-electron chi connectivity index (χ3n) is 3.70. The van der Waals surface area contributed by atoms with Crippen molar-refractivity contribution in [2.75, 3.05) is 5.32 Å². The Kier molecular flexibility index (Phi) is 3.87. The molecule has 0 amide bonds. The van der Waals surface area contributed by atoms with Gasteiger partial charge in [0.2, 0.25) is 10.9 Å². The molecule has 0 aliphatic heterocycles. The Morgan fingerprint density at radius 3 is 2.10 bits per heavy atom. The lowest BCUT2D eigenvalue weighted by molar-refractivity contribution is 0.359. The van der Waals surface area contributed by atoms with Crippen molar-refractivity contribution in [1.29, 1.82) is 0 Å². The van der Waals surface area contributed by atoms with E-state index in [9.17, 15) is 9.59 Å². The molecule has 1 unspecified atom stereocenters. The molecule has 0 saturated heterocycles. The summed E-state index contributed by atoms with van der Waals surface area (Å²) in [5.74, 6) is 0. The highest BCUT2D eigenvalue weighted by Crippen LogP contribution is 2.28. The second-order valence-corrected chi connectivity index (χ2v) is 7.06. The van der Waals surface area contributed by atoms with E-state index in [2.05, 4.69) is 42.0 Å². The molecule has 0 heterocycles. The zero-order chi connectivity index (χ0) is 15.1. The van der Waals surface area contributed by atoms with Crippen LogP contribution in [-0.2, 0) is 0 Å². The third kappa shape index (κ3) is 2.70. The molecule has 1 atom stereocenters. The number of nitrogens with one attached hydrogen (secondary N) is 1. The van der Waals surface area contributed by atoms with Crippen molar-refractivity contribution < 1.29 is 0 Å². The summed E-state index contributed by atoms with van der Waals surface area (Å²) in [4.78, 5) is 23.6. The summed E-state index contributed by atoms with van der Waals surface area (Å²) in [6.07, 6.45) is 0. The SMILES string of the molecule is CC(Nc1c(-c2ccc(Br)cc2)c(=O)c1=O)C(C)(C)C. The molecule has 0 radical (unpaired) electrons. The maximum Gasteiger partial charge on any atom is 0.250 e. The second-order valence-electron chi connectivity index (χ2n) is 6.15. The van der Waals surface area contributed by atoms with Gasteiger partial charge >= 0.3 is 0 Å². The van der Waals surface area contributed by atoms with Crippen LogP contribution in [0, 0.1) is 5.41 Å². The van der Waals surface area contributed by atoms with E-state index in [-0.39, 0.29) is 11.5 Å². The summed E-state index contributed by atoms with van der Waals surface area (Å²) in [6, 6.07) is 7.51. The van der Waals surface area contributed by atoms with Gasteiger partial charge in [-0.25, -0.2) is 0 Å². The summed E-state index contributed by atoms with van der Waals surface area (Å²) in [7, 11) is 0. The lowest BCUT2D eigenvalue weighted by Crippen LogP contribution is -2.41. The van der Waals surface area contributed by atoms with Crippen LogP contribution in [0.1, 0.15) is 27.7 Å². The number of rotatable bonds is 3. The fourth-order valence-electron chi connectivity index (χ4n) is 1.85. The highest BCUT2D eigenvalue weighted by atomic mass is 79.9. The van der Waals surface area contributed by atoms with Crippen molar-refractivity contribution in [2.24, 2.45) is 5.41 Å². The first-order valence-corrected chi connectivity index (χ1v) is 7.37. The van der Waals surface area contributed by atoms with Crippen LogP contribution in [-0.4, -0.2) is 6.04 Å². The Bertz CT molecular complexity index is 689. The number of benzene rings is 1. The van der Waals surface area contributed by atoms with Gasteiger partial charge in [0.15, 0.2) is 0 Å². The van der Waals surface area contributed by atoms with Gasteiger partial charge in [-0.1, -0.05) is 48.8 Å². The first-order chi connectivity index (χ1) is 9.21. The van der Waals surface area contributed by atoms with Crippen molar-refractivity contribution in [1.82, 2.24) is 0 Å². The van der Waals surface area contributed by atoms with Crippen molar-refractivity contribution in [2.45, 2.75) is 33.7 Å². The number of halogens is 1. The Labute approximate surface area is 126 Å². The number of hydrogen-bond acceptors (Lipinski definition) is 3. The first kappa shape index (κ1) is 15.0. The van der Waals surface area contributed by atoms with E-state index in [0.29, 0.717) is 11.3 Å². The fraction of sp³-hybridized carbons (Fsp3) is 0.375. The molecule has 20 heavy (non-hydrogen) atoms. The van der Waals surface area contributed by atoms with Gasteiger partial charge in [0.1, 0.15) is 0 Å². The minimum atomic E-state index is -0.418. The van der Waals surface area contributed by atoms with E-state index >= 15 is 0 Å². The van der Waals surface area contributed by atoms with Crippen molar-refractivity contribution in [3.8, 4) is 11.1 Å². The normalized spacial score (nSPS) is 13.4. The molecule has 3 nitrogen and oxygen atoms in total. The van der Waals surface area contributed by atoms with Gasteiger partial charge < -0.3 is 5.32 Å². The van der Waals surface area contributed by atoms with Crippen LogP contribution >= 0.6 is 15.9 Å². The van der Waals surface area contributed by atoms with Gasteiger partial charge in [0.25, 0.3) is 0 Å². The van der Waals surface area contributed by atoms with Crippen molar-refractivity contribution in [3.63, 3.8) is 0 Å². The Morgan fingerprint density at radius 2 is 1.60 bits per heavy atom. The van der Waals surface area contributed by atoms with Crippen LogP contribution in [0.25, 0.3) is 11.1 Å². The predicted octanol–water partition coefficient (Wildman–Crippen LogP) is 3.56. The summed E-state index contributed by atoms with van der Waals surface area (Å²) >= 11 is 3.36. The lowest BCUT2D eigenvalue weighted by Gasteiger charge is -2.30. The summed E-state index contributed by atoms with van der Waals surface area (Å²) in [5.41, 5.74) is 0.909. The van der Waals surface area contributed by atoms with Gasteiger partial charge in [-0.05, 0) is 30.0 Å². The predicted molar refractivity (Wildman–Crippen MR) is 87.0 cm³/mol. The maximum atomic E-state index is 11.8. The topological polar surface area (TPSA) is 46.2 Å². The molecule has 0 saturated carbocycles. The first-order valence-electron chi connectivity index (χ1n) is 6.57. The molecule has 0 spiro atoms. The van der Waals surface area contributed by atoms with Crippen molar-refractivity contribution in [3.05, 3.63) is 49.2 Å². The van der Waals surface area contributed by atoms with Gasteiger partial charge in [-0.2, -0.15) is 0 Å². The molecule has 0 aliphatic rings. The smallest absolute Gasteiger partial charge is 0.250 e. The molecule has 2 aromatic rings. The standard InChI is InChI=1S/C16H18BrNO2/c1-9(16(2,3)4)18-13-12(14(19)15(13)20)10-5-7-11(17)8-6-10/h5-9,18H,1-4H3. The van der Waals surface area contributed by atoms with Crippen LogP contribution in [0.4, 0.5) is 5.69 Å². The Hall–Kier alpha value is -1.42. The van der Waals surface area contributed by atoms with Crippen LogP contribution in [0.15, 0.2) is 38.3 Å². The third-order valence-corrected chi connectivity index (χ3v) is 4.23. The molecule has 0 aliphatic carbocycles. The average molecular weight is 336 g/mol. The molecule has 0 aromatic heterocycles. The lowest BCUT2D eigenvalue weighted by atomic mass is 9.87. The summed E-state index contributed by atoms with van der Waals surface area (Å²) in [6.45, 7) is 8.29. The van der Waals surface area contributed by atoms with Crippen LogP contribution in [0.5, 0.6) is 0 Å². The molecule has 0 bridgehead atoms. The van der Waals surface area contributed by atoms with Crippen LogP contribution in [0.2, 0.25) is 0 Å². The minimum Gasteiger partial charge on any atom is -0.378 e. The van der Waals surface area contributed by atoms with Crippen LogP contribution in [0.3, 0.4) is 0 Å². The molecule has 2 rings (SSSR count). The highest BCUT2D eigenvalue weighted by molar-refractivity contribution is 9.10. The molecule has 4 heteroatoms. The van der Waals surface area contributed by atoms with E-state index < -0.39 is 10.9 Å². The quantitative estimate of drug-likeness (QED) is 0.872. The van der Waals surface area contributed by atoms with Gasteiger partial charge in [-0.3, -0.25) is 9.59 Å². The van der Waals surface area contributed by atoms with Crippen molar-refractivity contribution >= 4 is 21.6 Å². The Balaban J connectivity index is 2.38. The maximum absolute atomic E-state index is 11.8. The molecule has 2 aromatic carbocycles. The van der Waals surface area contributed by atoms with E-state index in [1.807, 2.05) is 31.2 Å². The molecular weight excluding hydrogens is 318 g/mol. The average Bonchev–Trinajstić information content (AvgIpc) is 2.38. The fourth-order valence-corrected chi connectivity index (χ4v) is 2.12. The monoisotopic (exact) mass is 335 g/mol. The molecular formula is C16H18BrNO2. The van der Waals surface area contributed by atoms with Gasteiger partial charge in [-0.15, -0.1) is 0 Å². The Morgan fingerprint density at radius 1 is 1.05 bits per heavy atom. The summed E-state index contributed by atoms with van der Waals surface area (Å²) < 4.78 is 0.942. The molecule has 0 fully saturated rings. The minimum absolute atomic E-state index is 0.0107. The van der Waals surface area contributed by atoms with E-state index in [4.69, 9.17) is 0 Å².